The second kappa shape index (κ2) is 11.9. The van der Waals surface area contributed by atoms with Crippen LogP contribution >= 0.6 is 15.9 Å². The fraction of sp³-hybridized carbons (Fsp3) is 0.125. The quantitative estimate of drug-likeness (QED) is 0.193. The number of carboxylic acids is 1. The summed E-state index contributed by atoms with van der Waals surface area (Å²) in [7, 11) is 0. The molecule has 0 bridgehead atoms. The lowest BCUT2D eigenvalue weighted by atomic mass is 9.96. The van der Waals surface area contributed by atoms with E-state index >= 15 is 0 Å². The van der Waals surface area contributed by atoms with E-state index in [1.165, 1.54) is 5.56 Å². The van der Waals surface area contributed by atoms with E-state index in [2.05, 4.69) is 57.3 Å². The van der Waals surface area contributed by atoms with Gasteiger partial charge in [0.15, 0.2) is 6.61 Å². The summed E-state index contributed by atoms with van der Waals surface area (Å²) in [5, 5.41) is 11.2. The van der Waals surface area contributed by atoms with E-state index in [1.807, 2.05) is 60.7 Å². The number of benzene rings is 4. The summed E-state index contributed by atoms with van der Waals surface area (Å²) in [6, 6.07) is 32.3. The lowest BCUT2D eigenvalue weighted by Crippen LogP contribution is -2.11. The summed E-state index contributed by atoms with van der Waals surface area (Å²) < 4.78 is 12.8. The summed E-state index contributed by atoms with van der Waals surface area (Å²) in [6.45, 7) is -0.0960. The molecule has 38 heavy (non-hydrogen) atoms. The van der Waals surface area contributed by atoms with Crippen molar-refractivity contribution in [1.29, 1.82) is 0 Å². The number of rotatable bonds is 10. The number of ether oxygens (including phenoxy) is 2. The normalized spacial score (nSPS) is 10.9. The molecule has 0 aliphatic rings. The maximum absolute atomic E-state index is 11.3. The van der Waals surface area contributed by atoms with Gasteiger partial charge in [0.25, 0.3) is 0 Å². The standard InChI is InChI=1S/C32H26BrNO4/c33-31-28-19-29(37-20-27-13-7-8-14-34-27)25(15-22-9-3-1-4-10-22)17-24(28)18-26(32(31)38-21-30(35)36)16-23-11-5-2-6-12-23/h1-14,17-19H,15-16,20-21H2,(H,35,36). The molecule has 190 valence electrons. The Bertz CT molecular complexity index is 1540. The third kappa shape index (κ3) is 6.21. The van der Waals surface area contributed by atoms with Crippen LogP contribution in [0.1, 0.15) is 27.9 Å². The van der Waals surface area contributed by atoms with Gasteiger partial charge in [-0.1, -0.05) is 66.7 Å². The Hall–Kier alpha value is -4.16. The number of aliphatic carboxylic acids is 1. The van der Waals surface area contributed by atoms with Crippen LogP contribution < -0.4 is 9.47 Å². The number of pyridine rings is 1. The molecular weight excluding hydrogens is 542 g/mol. The Morgan fingerprint density at radius 2 is 1.42 bits per heavy atom. The number of halogens is 1. The molecule has 0 unspecified atom stereocenters. The van der Waals surface area contributed by atoms with Crippen molar-refractivity contribution >= 4 is 32.7 Å². The van der Waals surface area contributed by atoms with E-state index in [1.54, 1.807) is 6.20 Å². The lowest BCUT2D eigenvalue weighted by Gasteiger charge is -2.18. The molecule has 0 aliphatic carbocycles. The molecule has 0 radical (unpaired) electrons. The molecule has 0 saturated heterocycles. The highest BCUT2D eigenvalue weighted by Gasteiger charge is 2.18. The molecule has 0 saturated carbocycles. The van der Waals surface area contributed by atoms with Crippen molar-refractivity contribution < 1.29 is 19.4 Å². The number of fused-ring (bicyclic) bond motifs is 1. The molecule has 5 aromatic rings. The maximum atomic E-state index is 11.3. The van der Waals surface area contributed by atoms with Crippen molar-refractivity contribution in [2.75, 3.05) is 6.61 Å². The minimum atomic E-state index is -1.03. The SMILES string of the molecule is O=C(O)COc1c(Cc2ccccc2)cc2cc(Cc3ccccc3)c(OCc3ccccn3)cc2c1Br. The summed E-state index contributed by atoms with van der Waals surface area (Å²) in [4.78, 5) is 15.7. The van der Waals surface area contributed by atoms with Gasteiger partial charge in [-0.3, -0.25) is 4.98 Å². The second-order valence-corrected chi connectivity index (χ2v) is 9.77. The number of carboxylic acid groups (broad SMARTS) is 1. The Balaban J connectivity index is 1.60. The third-order valence-corrected chi connectivity index (χ3v) is 6.99. The minimum absolute atomic E-state index is 0.334. The first-order valence-electron chi connectivity index (χ1n) is 12.3. The topological polar surface area (TPSA) is 68.7 Å². The number of nitrogens with zero attached hydrogens (tertiary/aromatic N) is 1. The van der Waals surface area contributed by atoms with Crippen LogP contribution in [0.3, 0.4) is 0 Å². The maximum Gasteiger partial charge on any atom is 0.341 e. The van der Waals surface area contributed by atoms with Gasteiger partial charge in [-0.2, -0.15) is 0 Å². The fourth-order valence-electron chi connectivity index (χ4n) is 4.43. The highest BCUT2D eigenvalue weighted by molar-refractivity contribution is 9.10. The summed E-state index contributed by atoms with van der Waals surface area (Å²) in [6.07, 6.45) is 3.06. The third-order valence-electron chi connectivity index (χ3n) is 6.21. The van der Waals surface area contributed by atoms with Gasteiger partial charge in [-0.05, 0) is 68.3 Å². The van der Waals surface area contributed by atoms with Gasteiger partial charge in [0.05, 0.1) is 10.2 Å². The monoisotopic (exact) mass is 567 g/mol. The van der Waals surface area contributed by atoms with Crippen molar-refractivity contribution in [2.45, 2.75) is 19.4 Å². The van der Waals surface area contributed by atoms with Crippen LogP contribution in [0.15, 0.2) is 108 Å². The number of carbonyl (C=O) groups is 1. The van der Waals surface area contributed by atoms with Gasteiger partial charge in [0.1, 0.15) is 18.1 Å². The van der Waals surface area contributed by atoms with Crippen LogP contribution in [0.25, 0.3) is 10.8 Å². The number of hydrogen-bond donors (Lipinski definition) is 1. The molecule has 4 aromatic carbocycles. The van der Waals surface area contributed by atoms with Gasteiger partial charge >= 0.3 is 5.97 Å². The Morgan fingerprint density at radius 3 is 2.05 bits per heavy atom. The van der Waals surface area contributed by atoms with E-state index in [9.17, 15) is 9.90 Å². The van der Waals surface area contributed by atoms with Gasteiger partial charge in [0, 0.05) is 30.0 Å². The van der Waals surface area contributed by atoms with Crippen molar-refractivity contribution in [3.63, 3.8) is 0 Å². The Morgan fingerprint density at radius 1 is 0.789 bits per heavy atom. The molecule has 5 nitrogen and oxygen atoms in total. The van der Waals surface area contributed by atoms with Crippen molar-refractivity contribution in [2.24, 2.45) is 0 Å². The molecule has 1 heterocycles. The number of hydrogen-bond acceptors (Lipinski definition) is 4. The molecule has 5 rings (SSSR count). The Kier molecular flexibility index (Phi) is 8.00. The van der Waals surface area contributed by atoms with E-state index in [4.69, 9.17) is 9.47 Å². The average Bonchev–Trinajstić information content (AvgIpc) is 2.93. The van der Waals surface area contributed by atoms with Crippen molar-refractivity contribution in [1.82, 2.24) is 4.98 Å². The molecule has 1 N–H and O–H groups in total. The predicted octanol–water partition coefficient (Wildman–Crippen LogP) is 7.22. The highest BCUT2D eigenvalue weighted by atomic mass is 79.9. The predicted molar refractivity (Wildman–Crippen MR) is 152 cm³/mol. The lowest BCUT2D eigenvalue weighted by molar-refractivity contribution is -0.139. The van der Waals surface area contributed by atoms with Crippen LogP contribution in [0.5, 0.6) is 11.5 Å². The first-order valence-corrected chi connectivity index (χ1v) is 13.1. The van der Waals surface area contributed by atoms with Gasteiger partial charge in [-0.25, -0.2) is 4.79 Å². The summed E-state index contributed by atoms with van der Waals surface area (Å²) in [5.74, 6) is 0.239. The van der Waals surface area contributed by atoms with Crippen LogP contribution in [0.2, 0.25) is 0 Å². The molecule has 6 heteroatoms. The molecule has 0 atom stereocenters. The van der Waals surface area contributed by atoms with E-state index < -0.39 is 12.6 Å². The van der Waals surface area contributed by atoms with E-state index in [-0.39, 0.29) is 0 Å². The van der Waals surface area contributed by atoms with E-state index in [0.717, 1.165) is 38.9 Å². The largest absolute Gasteiger partial charge is 0.487 e. The number of aromatic nitrogens is 1. The molecule has 1 aromatic heterocycles. The fourth-order valence-corrected chi connectivity index (χ4v) is 5.14. The highest BCUT2D eigenvalue weighted by Crippen LogP contribution is 2.41. The minimum Gasteiger partial charge on any atom is -0.487 e. The van der Waals surface area contributed by atoms with Crippen LogP contribution in [-0.2, 0) is 24.2 Å². The summed E-state index contributed by atoms with van der Waals surface area (Å²) >= 11 is 3.73. The zero-order valence-corrected chi connectivity index (χ0v) is 22.2. The van der Waals surface area contributed by atoms with Gasteiger partial charge < -0.3 is 14.6 Å². The molecular formula is C32H26BrNO4. The molecule has 0 spiro atoms. The van der Waals surface area contributed by atoms with E-state index in [0.29, 0.717) is 29.7 Å². The Labute approximate surface area is 229 Å². The zero-order valence-electron chi connectivity index (χ0n) is 20.6. The first kappa shape index (κ1) is 25.5. The van der Waals surface area contributed by atoms with Crippen molar-refractivity contribution in [3.8, 4) is 11.5 Å². The van der Waals surface area contributed by atoms with Gasteiger partial charge in [-0.15, -0.1) is 0 Å². The van der Waals surface area contributed by atoms with Crippen LogP contribution in [-0.4, -0.2) is 22.7 Å². The second-order valence-electron chi connectivity index (χ2n) is 8.98. The average molecular weight is 568 g/mol. The first-order chi connectivity index (χ1) is 18.6. The summed E-state index contributed by atoms with van der Waals surface area (Å²) in [5.41, 5.74) is 5.08. The smallest absolute Gasteiger partial charge is 0.341 e. The molecule has 0 aliphatic heterocycles. The van der Waals surface area contributed by atoms with Crippen LogP contribution in [0.4, 0.5) is 0 Å². The van der Waals surface area contributed by atoms with Crippen LogP contribution in [0, 0.1) is 0 Å². The zero-order chi connectivity index (χ0) is 26.3. The van der Waals surface area contributed by atoms with Gasteiger partial charge in [0.2, 0.25) is 0 Å². The molecule has 0 amide bonds. The molecule has 0 fully saturated rings. The van der Waals surface area contributed by atoms with Crippen molar-refractivity contribution in [3.05, 3.63) is 136 Å².